The highest BCUT2D eigenvalue weighted by atomic mass is 16.5. The molecule has 1 aliphatic heterocycles. The smallest absolute Gasteiger partial charge is 0.319 e. The molecule has 6 nitrogen and oxygen atoms in total. The maximum Gasteiger partial charge on any atom is 0.319 e. The van der Waals surface area contributed by atoms with Crippen molar-refractivity contribution in [1.82, 2.24) is 10.6 Å². The predicted octanol–water partition coefficient (Wildman–Crippen LogP) is 3.94. The summed E-state index contributed by atoms with van der Waals surface area (Å²) in [6.45, 7) is 14.3. The maximum absolute atomic E-state index is 13.0. The SMILES string of the molecule is C=C1NC(=O)N[C@H](c2ccccc2OCCC)[C@H]1C(=O)O[C@@H](C)C(C)(C)C. The number of ether oxygens (including phenoxy) is 2. The summed E-state index contributed by atoms with van der Waals surface area (Å²) in [6.07, 6.45) is 0.566. The van der Waals surface area contributed by atoms with Crippen LogP contribution < -0.4 is 15.4 Å². The van der Waals surface area contributed by atoms with Crippen LogP contribution in [0.3, 0.4) is 0 Å². The largest absolute Gasteiger partial charge is 0.493 e. The number of rotatable bonds is 6. The Morgan fingerprint density at radius 3 is 2.59 bits per heavy atom. The second-order valence-electron chi connectivity index (χ2n) is 7.91. The zero-order valence-corrected chi connectivity index (χ0v) is 16.8. The van der Waals surface area contributed by atoms with Crippen LogP contribution in [-0.2, 0) is 9.53 Å². The highest BCUT2D eigenvalue weighted by Crippen LogP contribution is 2.36. The highest BCUT2D eigenvalue weighted by Gasteiger charge is 2.41. The Balaban J connectivity index is 2.35. The number of para-hydroxylation sites is 1. The first-order valence-corrected chi connectivity index (χ1v) is 9.33. The molecule has 0 saturated carbocycles. The van der Waals surface area contributed by atoms with Crippen molar-refractivity contribution in [1.29, 1.82) is 0 Å². The normalized spacial score (nSPS) is 21.1. The van der Waals surface area contributed by atoms with E-state index in [9.17, 15) is 9.59 Å². The van der Waals surface area contributed by atoms with Crippen molar-refractivity contribution in [2.75, 3.05) is 6.61 Å². The lowest BCUT2D eigenvalue weighted by Gasteiger charge is -2.36. The summed E-state index contributed by atoms with van der Waals surface area (Å²) in [5, 5.41) is 5.43. The molecule has 2 amide bonds. The van der Waals surface area contributed by atoms with E-state index < -0.39 is 24.0 Å². The summed E-state index contributed by atoms with van der Waals surface area (Å²) < 4.78 is 11.5. The third kappa shape index (κ3) is 5.02. The van der Waals surface area contributed by atoms with Gasteiger partial charge in [-0.2, -0.15) is 0 Å². The van der Waals surface area contributed by atoms with Gasteiger partial charge in [-0.05, 0) is 24.8 Å². The summed E-state index contributed by atoms with van der Waals surface area (Å²) in [5.74, 6) is -0.537. The zero-order valence-electron chi connectivity index (χ0n) is 16.8. The van der Waals surface area contributed by atoms with Gasteiger partial charge in [-0.3, -0.25) is 4.79 Å². The van der Waals surface area contributed by atoms with Crippen LogP contribution in [0.1, 0.15) is 52.6 Å². The molecule has 1 aromatic carbocycles. The molecule has 2 N–H and O–H groups in total. The number of carbonyl (C=O) groups excluding carboxylic acids is 2. The van der Waals surface area contributed by atoms with Crippen molar-refractivity contribution in [2.24, 2.45) is 11.3 Å². The lowest BCUT2D eigenvalue weighted by atomic mass is 9.87. The third-order valence-electron chi connectivity index (χ3n) is 4.75. The van der Waals surface area contributed by atoms with E-state index >= 15 is 0 Å². The Kier molecular flexibility index (Phi) is 6.52. The van der Waals surface area contributed by atoms with Crippen LogP contribution in [-0.4, -0.2) is 24.7 Å². The van der Waals surface area contributed by atoms with Gasteiger partial charge < -0.3 is 20.1 Å². The van der Waals surface area contributed by atoms with Crippen LogP contribution in [0.15, 0.2) is 36.5 Å². The summed E-state index contributed by atoms with van der Waals surface area (Å²) in [7, 11) is 0. The number of urea groups is 1. The molecule has 6 heteroatoms. The average Bonchev–Trinajstić information content (AvgIpc) is 2.58. The lowest BCUT2D eigenvalue weighted by Crippen LogP contribution is -2.51. The quantitative estimate of drug-likeness (QED) is 0.740. The van der Waals surface area contributed by atoms with Crippen LogP contribution in [0.25, 0.3) is 0 Å². The zero-order chi connectivity index (χ0) is 20.2. The van der Waals surface area contributed by atoms with Crippen LogP contribution in [0.4, 0.5) is 4.79 Å². The minimum Gasteiger partial charge on any atom is -0.493 e. The third-order valence-corrected chi connectivity index (χ3v) is 4.75. The number of amides is 2. The van der Waals surface area contributed by atoms with Gasteiger partial charge >= 0.3 is 12.0 Å². The summed E-state index contributed by atoms with van der Waals surface area (Å²) in [4.78, 5) is 25.0. The molecule has 1 aromatic rings. The molecule has 1 heterocycles. The van der Waals surface area contributed by atoms with Crippen molar-refractivity contribution in [2.45, 2.75) is 53.2 Å². The fraction of sp³-hybridized carbons (Fsp3) is 0.524. The van der Waals surface area contributed by atoms with Gasteiger partial charge in [0, 0.05) is 11.3 Å². The Morgan fingerprint density at radius 2 is 1.96 bits per heavy atom. The Labute approximate surface area is 161 Å². The summed E-state index contributed by atoms with van der Waals surface area (Å²) >= 11 is 0. The molecular weight excluding hydrogens is 344 g/mol. The predicted molar refractivity (Wildman–Crippen MR) is 104 cm³/mol. The molecule has 0 bridgehead atoms. The van der Waals surface area contributed by atoms with Crippen LogP contribution in [0.5, 0.6) is 5.75 Å². The second-order valence-corrected chi connectivity index (χ2v) is 7.91. The van der Waals surface area contributed by atoms with E-state index in [0.29, 0.717) is 18.1 Å². The van der Waals surface area contributed by atoms with Crippen LogP contribution in [0.2, 0.25) is 0 Å². The standard InChI is InChI=1S/C21H30N2O4/c1-7-12-26-16-11-9-8-10-15(16)18-17(13(2)22-20(25)23-18)19(24)27-14(3)21(4,5)6/h8-11,14,17-18H,2,7,12H2,1,3-6H3,(H2,22,23,25)/t14-,17-,18+/m0/s1. The Hall–Kier alpha value is -2.50. The first-order chi connectivity index (χ1) is 12.6. The van der Waals surface area contributed by atoms with E-state index in [2.05, 4.69) is 17.2 Å². The maximum atomic E-state index is 13.0. The highest BCUT2D eigenvalue weighted by molar-refractivity contribution is 5.85. The fourth-order valence-electron chi connectivity index (χ4n) is 2.73. The number of benzene rings is 1. The molecule has 1 fully saturated rings. The first kappa shape index (κ1) is 20.8. The van der Waals surface area contributed by atoms with Crippen molar-refractivity contribution < 1.29 is 19.1 Å². The van der Waals surface area contributed by atoms with Crippen molar-refractivity contribution >= 4 is 12.0 Å². The molecule has 0 unspecified atom stereocenters. The van der Waals surface area contributed by atoms with E-state index in [1.165, 1.54) is 0 Å². The summed E-state index contributed by atoms with van der Waals surface area (Å²) in [5.41, 5.74) is 0.854. The van der Waals surface area contributed by atoms with Gasteiger partial charge in [0.15, 0.2) is 0 Å². The van der Waals surface area contributed by atoms with E-state index in [0.717, 1.165) is 12.0 Å². The van der Waals surface area contributed by atoms with Crippen molar-refractivity contribution in [3.05, 3.63) is 42.1 Å². The van der Waals surface area contributed by atoms with E-state index in [4.69, 9.17) is 9.47 Å². The van der Waals surface area contributed by atoms with Crippen molar-refractivity contribution in [3.8, 4) is 5.75 Å². The Bertz CT molecular complexity index is 708. The molecule has 2 rings (SSSR count). The Morgan fingerprint density at radius 1 is 1.30 bits per heavy atom. The molecular formula is C21H30N2O4. The second kappa shape index (κ2) is 8.46. The monoisotopic (exact) mass is 374 g/mol. The average molecular weight is 374 g/mol. The molecule has 0 aliphatic carbocycles. The van der Waals surface area contributed by atoms with Gasteiger partial charge in [-0.15, -0.1) is 0 Å². The first-order valence-electron chi connectivity index (χ1n) is 9.33. The molecule has 0 radical (unpaired) electrons. The molecule has 27 heavy (non-hydrogen) atoms. The lowest BCUT2D eigenvalue weighted by molar-refractivity contribution is -0.158. The molecule has 1 aliphatic rings. The molecule has 0 aromatic heterocycles. The van der Waals surface area contributed by atoms with Gasteiger partial charge in [-0.1, -0.05) is 52.5 Å². The van der Waals surface area contributed by atoms with E-state index in [1.54, 1.807) is 0 Å². The summed E-state index contributed by atoms with van der Waals surface area (Å²) in [6, 6.07) is 6.39. The van der Waals surface area contributed by atoms with Crippen molar-refractivity contribution in [3.63, 3.8) is 0 Å². The van der Waals surface area contributed by atoms with Gasteiger partial charge in [0.25, 0.3) is 0 Å². The number of esters is 1. The van der Waals surface area contributed by atoms with Gasteiger partial charge in [-0.25, -0.2) is 4.79 Å². The molecule has 1 saturated heterocycles. The van der Waals surface area contributed by atoms with E-state index in [-0.39, 0.29) is 11.5 Å². The molecule has 0 spiro atoms. The number of carbonyl (C=O) groups is 2. The molecule has 148 valence electrons. The van der Waals surface area contributed by atoms with Gasteiger partial charge in [0.05, 0.1) is 12.6 Å². The number of hydrogen-bond donors (Lipinski definition) is 2. The minimum absolute atomic E-state index is 0.194. The minimum atomic E-state index is -0.751. The molecule has 3 atom stereocenters. The van der Waals surface area contributed by atoms with Gasteiger partial charge in [0.1, 0.15) is 17.8 Å². The number of nitrogens with one attached hydrogen (secondary N) is 2. The van der Waals surface area contributed by atoms with E-state index in [1.807, 2.05) is 58.9 Å². The van der Waals surface area contributed by atoms with Crippen LogP contribution >= 0.6 is 0 Å². The fourth-order valence-corrected chi connectivity index (χ4v) is 2.73. The number of hydrogen-bond acceptors (Lipinski definition) is 4. The van der Waals surface area contributed by atoms with Crippen LogP contribution in [0, 0.1) is 11.3 Å². The van der Waals surface area contributed by atoms with Gasteiger partial charge in [0.2, 0.25) is 0 Å². The topological polar surface area (TPSA) is 76.7 Å².